The molecule has 0 spiro atoms. The maximum Gasteiger partial charge on any atom is 0.188 e. The summed E-state index contributed by atoms with van der Waals surface area (Å²) in [6.45, 7) is 1.61. The molecule has 7 heteroatoms. The van der Waals surface area contributed by atoms with Crippen LogP contribution in [0.1, 0.15) is 25.3 Å². The number of sulfone groups is 1. The van der Waals surface area contributed by atoms with Crippen molar-refractivity contribution in [1.82, 2.24) is 0 Å². The largest absolute Gasteiger partial charge is 0.223 e. The highest BCUT2D eigenvalue weighted by atomic mass is 35.5. The van der Waals surface area contributed by atoms with E-state index in [2.05, 4.69) is 6.07 Å². The fraction of sp³-hybridized carbons (Fsp3) is 0.278. The minimum absolute atomic E-state index is 0.0412. The summed E-state index contributed by atoms with van der Waals surface area (Å²) < 4.78 is 53.0. The normalized spacial score (nSPS) is 25.9. The van der Waals surface area contributed by atoms with E-state index in [1.807, 2.05) is 0 Å². The van der Waals surface area contributed by atoms with Crippen LogP contribution in [0.3, 0.4) is 0 Å². The highest BCUT2D eigenvalue weighted by molar-refractivity contribution is 7.92. The molecule has 2 aromatic rings. The fourth-order valence-electron chi connectivity index (χ4n) is 3.50. The van der Waals surface area contributed by atoms with Crippen LogP contribution in [0.15, 0.2) is 47.4 Å². The van der Waals surface area contributed by atoms with Gasteiger partial charge in [-0.3, -0.25) is 0 Å². The van der Waals surface area contributed by atoms with Gasteiger partial charge in [0.1, 0.15) is 16.4 Å². The lowest BCUT2D eigenvalue weighted by atomic mass is 9.61. The minimum atomic E-state index is -4.07. The number of hydrogen-bond acceptors (Lipinski definition) is 3. The van der Waals surface area contributed by atoms with Crippen molar-refractivity contribution in [3.63, 3.8) is 0 Å². The van der Waals surface area contributed by atoms with Crippen molar-refractivity contribution >= 4 is 21.4 Å². The second-order valence-corrected chi connectivity index (χ2v) is 9.30. The molecule has 1 aliphatic carbocycles. The molecule has 0 N–H and O–H groups in total. The van der Waals surface area contributed by atoms with Crippen LogP contribution in [0.4, 0.5) is 8.78 Å². The van der Waals surface area contributed by atoms with E-state index in [-0.39, 0.29) is 23.3 Å². The van der Waals surface area contributed by atoms with Gasteiger partial charge in [-0.25, -0.2) is 17.2 Å². The van der Waals surface area contributed by atoms with Gasteiger partial charge >= 0.3 is 0 Å². The van der Waals surface area contributed by atoms with Gasteiger partial charge in [0.2, 0.25) is 0 Å². The molecule has 2 aromatic carbocycles. The van der Waals surface area contributed by atoms with Gasteiger partial charge in [0.05, 0.1) is 16.4 Å². The zero-order valence-electron chi connectivity index (χ0n) is 13.3. The average molecular weight is 382 g/mol. The summed E-state index contributed by atoms with van der Waals surface area (Å²) >= 11 is 5.81. The average Bonchev–Trinajstić information content (AvgIpc) is 2.54. The summed E-state index contributed by atoms with van der Waals surface area (Å²) in [7, 11) is -4.07. The molecule has 0 unspecified atom stereocenters. The fourth-order valence-corrected chi connectivity index (χ4v) is 6.03. The molecule has 0 saturated heterocycles. The molecule has 1 saturated carbocycles. The summed E-state index contributed by atoms with van der Waals surface area (Å²) in [4.78, 5) is -0.0412. The third-order valence-electron chi connectivity index (χ3n) is 4.68. The van der Waals surface area contributed by atoms with E-state index >= 15 is 0 Å². The van der Waals surface area contributed by atoms with E-state index in [0.29, 0.717) is 5.02 Å². The quantitative estimate of drug-likeness (QED) is 0.780. The van der Waals surface area contributed by atoms with Gasteiger partial charge in [0.15, 0.2) is 9.84 Å². The Bertz CT molecular complexity index is 975. The number of hydrogen-bond donors (Lipinski definition) is 0. The Kier molecular flexibility index (Phi) is 4.13. The molecule has 3 nitrogen and oxygen atoms in total. The number of nitriles is 1. The van der Waals surface area contributed by atoms with Crippen LogP contribution in [-0.2, 0) is 14.6 Å². The van der Waals surface area contributed by atoms with Crippen molar-refractivity contribution < 1.29 is 17.2 Å². The van der Waals surface area contributed by atoms with E-state index < -0.39 is 31.6 Å². The van der Waals surface area contributed by atoms with Gasteiger partial charge in [-0.2, -0.15) is 5.26 Å². The topological polar surface area (TPSA) is 57.9 Å². The van der Waals surface area contributed by atoms with E-state index in [1.54, 1.807) is 6.92 Å². The van der Waals surface area contributed by atoms with E-state index in [4.69, 9.17) is 11.6 Å². The van der Waals surface area contributed by atoms with Crippen molar-refractivity contribution in [3.8, 4) is 6.07 Å². The monoisotopic (exact) mass is 381 g/mol. The number of benzene rings is 2. The Morgan fingerprint density at radius 3 is 2.28 bits per heavy atom. The lowest BCUT2D eigenvalue weighted by Crippen LogP contribution is -2.53. The van der Waals surface area contributed by atoms with Crippen molar-refractivity contribution in [3.05, 3.63) is 64.7 Å². The molecule has 0 heterocycles. The van der Waals surface area contributed by atoms with Gasteiger partial charge in [0, 0.05) is 10.6 Å². The zero-order chi connectivity index (χ0) is 18.5. The molecule has 0 aromatic heterocycles. The van der Waals surface area contributed by atoms with E-state index in [9.17, 15) is 22.5 Å². The van der Waals surface area contributed by atoms with Crippen molar-refractivity contribution in [2.24, 2.45) is 5.41 Å². The van der Waals surface area contributed by atoms with Gasteiger partial charge in [0.25, 0.3) is 0 Å². The molecule has 130 valence electrons. The van der Waals surface area contributed by atoms with E-state index in [0.717, 1.165) is 18.2 Å². The Hall–Kier alpha value is -1.97. The zero-order valence-corrected chi connectivity index (χ0v) is 14.8. The van der Waals surface area contributed by atoms with Crippen LogP contribution >= 0.6 is 11.6 Å². The molecule has 1 fully saturated rings. The second kappa shape index (κ2) is 5.79. The maximum absolute atomic E-state index is 14.4. The molecule has 0 bridgehead atoms. The first-order chi connectivity index (χ1) is 11.6. The third-order valence-corrected chi connectivity index (χ3v) is 7.36. The van der Waals surface area contributed by atoms with Gasteiger partial charge in [-0.1, -0.05) is 11.6 Å². The van der Waals surface area contributed by atoms with Crippen LogP contribution in [0.25, 0.3) is 0 Å². The standard InChI is InChI=1S/C18H14ClF2NO2S/c1-17(11-22)9-18(10-17,15-8-13(20)4-7-16(15)21)25(23,24)14-5-2-12(19)3-6-14/h2-8H,9-10H2,1H3/t17-,18-. The summed E-state index contributed by atoms with van der Waals surface area (Å²) in [6.07, 6.45) is -0.219. The molecule has 0 atom stereocenters. The van der Waals surface area contributed by atoms with E-state index in [1.165, 1.54) is 24.3 Å². The number of nitrogens with zero attached hydrogens (tertiary/aromatic N) is 1. The van der Waals surface area contributed by atoms with Crippen LogP contribution in [0.2, 0.25) is 5.02 Å². The van der Waals surface area contributed by atoms with Crippen LogP contribution in [0, 0.1) is 28.4 Å². The predicted molar refractivity (Wildman–Crippen MR) is 89.6 cm³/mol. The van der Waals surface area contributed by atoms with Gasteiger partial charge < -0.3 is 0 Å². The van der Waals surface area contributed by atoms with Gasteiger partial charge in [-0.05, 0) is 62.2 Å². The SMILES string of the molecule is C[C@]1(C#N)C[C@](c2cc(F)ccc2F)(S(=O)(=O)c2ccc(Cl)cc2)C1. The van der Waals surface area contributed by atoms with Gasteiger partial charge in [-0.15, -0.1) is 0 Å². The summed E-state index contributed by atoms with van der Waals surface area (Å²) in [5, 5.41) is 9.65. The Balaban J connectivity index is 2.22. The Morgan fingerprint density at radius 1 is 1.12 bits per heavy atom. The Labute approximate surface area is 149 Å². The lowest BCUT2D eigenvalue weighted by molar-refractivity contribution is 0.156. The predicted octanol–water partition coefficient (Wildman–Crippen LogP) is 4.61. The molecule has 1 aliphatic rings. The molecule has 3 rings (SSSR count). The first-order valence-electron chi connectivity index (χ1n) is 7.51. The molecular weight excluding hydrogens is 368 g/mol. The number of halogens is 3. The second-order valence-electron chi connectivity index (χ2n) is 6.60. The molecule has 25 heavy (non-hydrogen) atoms. The Morgan fingerprint density at radius 2 is 1.72 bits per heavy atom. The smallest absolute Gasteiger partial charge is 0.188 e. The summed E-state index contributed by atoms with van der Waals surface area (Å²) in [5.74, 6) is -1.54. The summed E-state index contributed by atoms with van der Waals surface area (Å²) in [6, 6.07) is 10.3. The summed E-state index contributed by atoms with van der Waals surface area (Å²) in [5.41, 5.74) is -1.16. The first-order valence-corrected chi connectivity index (χ1v) is 9.37. The molecule has 0 aliphatic heterocycles. The number of rotatable bonds is 3. The van der Waals surface area contributed by atoms with Crippen molar-refractivity contribution in [1.29, 1.82) is 5.26 Å². The van der Waals surface area contributed by atoms with Crippen LogP contribution in [-0.4, -0.2) is 8.42 Å². The maximum atomic E-state index is 14.4. The highest BCUT2D eigenvalue weighted by Crippen LogP contribution is 2.60. The molecule has 0 radical (unpaired) electrons. The van der Waals surface area contributed by atoms with Crippen LogP contribution in [0.5, 0.6) is 0 Å². The minimum Gasteiger partial charge on any atom is -0.223 e. The third kappa shape index (κ3) is 2.72. The van der Waals surface area contributed by atoms with Crippen molar-refractivity contribution in [2.75, 3.05) is 0 Å². The highest BCUT2D eigenvalue weighted by Gasteiger charge is 2.62. The first kappa shape index (κ1) is 17.8. The van der Waals surface area contributed by atoms with Crippen LogP contribution < -0.4 is 0 Å². The van der Waals surface area contributed by atoms with Crippen molar-refractivity contribution in [2.45, 2.75) is 29.4 Å². The lowest BCUT2D eigenvalue weighted by Gasteiger charge is -2.50. The molecule has 0 amide bonds. The molecular formula is C18H14ClF2NO2S.